The van der Waals surface area contributed by atoms with Gasteiger partial charge in [0, 0.05) is 17.7 Å². The number of H-pyrrole nitrogens is 1. The third-order valence-corrected chi connectivity index (χ3v) is 6.46. The van der Waals surface area contributed by atoms with Crippen molar-refractivity contribution in [3.05, 3.63) is 99.7 Å². The molecule has 0 aliphatic carbocycles. The molecule has 1 aliphatic heterocycles. The van der Waals surface area contributed by atoms with E-state index in [1.807, 2.05) is 56.0 Å². The van der Waals surface area contributed by atoms with E-state index in [4.69, 9.17) is 4.74 Å². The van der Waals surface area contributed by atoms with Crippen molar-refractivity contribution in [3.63, 3.8) is 0 Å². The molecular weight excluding hydrogens is 426 g/mol. The molecule has 4 aromatic rings. The summed E-state index contributed by atoms with van der Waals surface area (Å²) in [7, 11) is 1.63. The number of nitrogens with one attached hydrogen (secondary N) is 1. The quantitative estimate of drug-likeness (QED) is 0.421. The smallest absolute Gasteiger partial charge is 0.273 e. The largest absolute Gasteiger partial charge is 0.507 e. The highest BCUT2D eigenvalue weighted by molar-refractivity contribution is 6.00. The molecule has 34 heavy (non-hydrogen) atoms. The van der Waals surface area contributed by atoms with Crippen LogP contribution < -0.4 is 4.74 Å². The van der Waals surface area contributed by atoms with Gasteiger partial charge >= 0.3 is 0 Å². The van der Waals surface area contributed by atoms with Gasteiger partial charge in [0.05, 0.1) is 13.2 Å². The van der Waals surface area contributed by atoms with Crippen molar-refractivity contribution >= 4 is 5.91 Å². The fourth-order valence-corrected chi connectivity index (χ4v) is 4.83. The van der Waals surface area contributed by atoms with Crippen LogP contribution in [0, 0.1) is 20.8 Å². The number of carbonyl (C=O) groups excluding carboxylic acids is 1. The number of hydrogen-bond acceptors (Lipinski definition) is 4. The van der Waals surface area contributed by atoms with E-state index in [0.29, 0.717) is 23.5 Å². The number of ether oxygens (including phenoxy) is 1. The monoisotopic (exact) mass is 453 g/mol. The summed E-state index contributed by atoms with van der Waals surface area (Å²) >= 11 is 0. The molecule has 172 valence electrons. The number of aryl methyl sites for hydroxylation is 3. The summed E-state index contributed by atoms with van der Waals surface area (Å²) in [6.07, 6.45) is 0. The first-order valence-corrected chi connectivity index (χ1v) is 11.3. The van der Waals surface area contributed by atoms with Crippen LogP contribution in [0.4, 0.5) is 0 Å². The fraction of sp³-hybridized carbons (Fsp3) is 0.214. The maximum absolute atomic E-state index is 13.6. The molecule has 1 aromatic heterocycles. The van der Waals surface area contributed by atoms with Crippen molar-refractivity contribution in [1.29, 1.82) is 0 Å². The zero-order valence-electron chi connectivity index (χ0n) is 19.7. The number of aromatic amines is 1. The number of fused-ring (bicyclic) bond motifs is 1. The molecule has 0 spiro atoms. The van der Waals surface area contributed by atoms with Crippen LogP contribution in [0.15, 0.2) is 60.7 Å². The predicted molar refractivity (Wildman–Crippen MR) is 131 cm³/mol. The number of hydrogen-bond donors (Lipinski definition) is 2. The summed E-state index contributed by atoms with van der Waals surface area (Å²) in [6, 6.07) is 19.3. The van der Waals surface area contributed by atoms with Crippen molar-refractivity contribution in [2.45, 2.75) is 33.4 Å². The summed E-state index contributed by atoms with van der Waals surface area (Å²) in [6.45, 7) is 6.39. The normalized spacial score (nSPS) is 15.0. The molecule has 1 atom stereocenters. The Morgan fingerprint density at radius 3 is 2.35 bits per heavy atom. The molecule has 0 fully saturated rings. The van der Waals surface area contributed by atoms with Gasteiger partial charge in [-0.3, -0.25) is 9.89 Å². The Hall–Kier alpha value is -4.06. The van der Waals surface area contributed by atoms with Crippen LogP contribution in [0.3, 0.4) is 0 Å². The Labute approximate surface area is 198 Å². The lowest BCUT2D eigenvalue weighted by molar-refractivity contribution is 0.0730. The highest BCUT2D eigenvalue weighted by atomic mass is 16.5. The zero-order valence-corrected chi connectivity index (χ0v) is 19.7. The first kappa shape index (κ1) is 21.8. The summed E-state index contributed by atoms with van der Waals surface area (Å²) in [5, 5.41) is 18.3. The van der Waals surface area contributed by atoms with E-state index in [9.17, 15) is 9.90 Å². The van der Waals surface area contributed by atoms with Gasteiger partial charge in [-0.15, -0.1) is 0 Å². The number of rotatable bonds is 5. The number of nitrogens with zero attached hydrogens (tertiary/aromatic N) is 2. The lowest BCUT2D eigenvalue weighted by Gasteiger charge is -2.27. The molecule has 1 aliphatic rings. The number of carbonyl (C=O) groups is 1. The second-order valence-corrected chi connectivity index (χ2v) is 8.93. The van der Waals surface area contributed by atoms with Gasteiger partial charge in [-0.25, -0.2) is 0 Å². The summed E-state index contributed by atoms with van der Waals surface area (Å²) in [5.74, 6) is 0.793. The van der Waals surface area contributed by atoms with Gasteiger partial charge in [-0.2, -0.15) is 5.10 Å². The molecule has 0 bridgehead atoms. The Morgan fingerprint density at radius 2 is 1.71 bits per heavy atom. The second-order valence-electron chi connectivity index (χ2n) is 8.93. The molecule has 6 nitrogen and oxygen atoms in total. The molecule has 0 radical (unpaired) electrons. The SMILES string of the molecule is COc1ccc(C2c3c(-c4c(C)cc(C)cc4O)n[nH]c3C(=O)N2Cc2ccc(C)cc2)cc1. The zero-order chi connectivity index (χ0) is 24.0. The Bertz CT molecular complexity index is 1350. The van der Waals surface area contributed by atoms with Crippen LogP contribution in [0.25, 0.3) is 11.3 Å². The minimum atomic E-state index is -0.358. The van der Waals surface area contributed by atoms with Crippen LogP contribution in [0.2, 0.25) is 0 Å². The van der Waals surface area contributed by atoms with Crippen molar-refractivity contribution in [2.24, 2.45) is 0 Å². The number of aromatic nitrogens is 2. The Balaban J connectivity index is 1.67. The number of methoxy groups -OCH3 is 1. The third-order valence-electron chi connectivity index (χ3n) is 6.46. The van der Waals surface area contributed by atoms with Gasteiger partial charge in [0.25, 0.3) is 5.91 Å². The molecule has 2 N–H and O–H groups in total. The van der Waals surface area contributed by atoms with Gasteiger partial charge in [-0.1, -0.05) is 48.0 Å². The Kier molecular flexibility index (Phi) is 5.36. The fourth-order valence-electron chi connectivity index (χ4n) is 4.83. The molecule has 1 unspecified atom stereocenters. The minimum absolute atomic E-state index is 0.112. The van der Waals surface area contributed by atoms with Crippen LogP contribution >= 0.6 is 0 Å². The molecular formula is C28H27N3O3. The molecule has 2 heterocycles. The van der Waals surface area contributed by atoms with E-state index in [1.54, 1.807) is 13.2 Å². The maximum atomic E-state index is 13.6. The number of benzene rings is 3. The summed E-state index contributed by atoms with van der Waals surface area (Å²) in [5.41, 5.74) is 7.53. The summed E-state index contributed by atoms with van der Waals surface area (Å²) < 4.78 is 5.34. The third kappa shape index (κ3) is 3.61. The van der Waals surface area contributed by atoms with Crippen molar-refractivity contribution in [1.82, 2.24) is 15.1 Å². The predicted octanol–water partition coefficient (Wildman–Crippen LogP) is 5.46. The standard InChI is InChI=1S/C28H27N3O3/c1-16-5-7-19(8-6-16)15-31-27(20-9-11-21(34-4)12-10-20)24-25(29-30-26(24)28(31)33)23-18(3)13-17(2)14-22(23)32/h5-14,27,32H,15H2,1-4H3,(H,29,30). The van der Waals surface area contributed by atoms with Crippen LogP contribution in [-0.4, -0.2) is 33.2 Å². The summed E-state index contributed by atoms with van der Waals surface area (Å²) in [4.78, 5) is 15.5. The minimum Gasteiger partial charge on any atom is -0.507 e. The van der Waals surface area contributed by atoms with E-state index in [-0.39, 0.29) is 17.7 Å². The van der Waals surface area contributed by atoms with E-state index in [2.05, 4.69) is 34.5 Å². The molecule has 0 saturated carbocycles. The Morgan fingerprint density at radius 1 is 1.00 bits per heavy atom. The first-order valence-electron chi connectivity index (χ1n) is 11.3. The molecule has 1 amide bonds. The molecule has 3 aromatic carbocycles. The topological polar surface area (TPSA) is 78.5 Å². The molecule has 6 heteroatoms. The van der Waals surface area contributed by atoms with E-state index in [1.165, 1.54) is 5.56 Å². The van der Waals surface area contributed by atoms with Gasteiger partial charge in [0.15, 0.2) is 0 Å². The lowest BCUT2D eigenvalue weighted by Crippen LogP contribution is -2.29. The van der Waals surface area contributed by atoms with E-state index >= 15 is 0 Å². The van der Waals surface area contributed by atoms with Crippen LogP contribution in [0.5, 0.6) is 11.5 Å². The van der Waals surface area contributed by atoms with Crippen LogP contribution in [-0.2, 0) is 6.54 Å². The first-order chi connectivity index (χ1) is 16.4. The average molecular weight is 454 g/mol. The molecule has 0 saturated heterocycles. The van der Waals surface area contributed by atoms with Crippen molar-refractivity contribution < 1.29 is 14.6 Å². The number of phenols is 1. The van der Waals surface area contributed by atoms with Gasteiger partial charge in [0.1, 0.15) is 22.9 Å². The highest BCUT2D eigenvalue weighted by Gasteiger charge is 2.42. The number of amides is 1. The second kappa shape index (κ2) is 8.37. The van der Waals surface area contributed by atoms with Gasteiger partial charge in [0.2, 0.25) is 0 Å². The lowest BCUT2D eigenvalue weighted by atomic mass is 9.93. The highest BCUT2D eigenvalue weighted by Crippen LogP contribution is 2.46. The number of phenolic OH excluding ortho intramolecular Hbond substituents is 1. The van der Waals surface area contributed by atoms with Gasteiger partial charge in [-0.05, 0) is 61.2 Å². The van der Waals surface area contributed by atoms with Crippen LogP contribution in [0.1, 0.15) is 49.9 Å². The maximum Gasteiger partial charge on any atom is 0.273 e. The van der Waals surface area contributed by atoms with E-state index < -0.39 is 0 Å². The van der Waals surface area contributed by atoms with Crippen molar-refractivity contribution in [3.8, 4) is 22.8 Å². The van der Waals surface area contributed by atoms with Crippen molar-refractivity contribution in [2.75, 3.05) is 7.11 Å². The average Bonchev–Trinajstić information content (AvgIpc) is 3.34. The van der Waals surface area contributed by atoms with Gasteiger partial charge < -0.3 is 14.7 Å². The molecule has 5 rings (SSSR count). The van der Waals surface area contributed by atoms with E-state index in [0.717, 1.165) is 33.6 Å². The number of aromatic hydroxyl groups is 1.